The molecule has 1 aromatic carbocycles. The maximum atomic E-state index is 14.6. The summed E-state index contributed by atoms with van der Waals surface area (Å²) >= 11 is 0. The highest BCUT2D eigenvalue weighted by Crippen LogP contribution is 2.38. The fourth-order valence-corrected chi connectivity index (χ4v) is 4.58. The molecule has 36 heavy (non-hydrogen) atoms. The summed E-state index contributed by atoms with van der Waals surface area (Å²) in [6.07, 6.45) is -0.563. The third-order valence-corrected chi connectivity index (χ3v) is 6.87. The van der Waals surface area contributed by atoms with Crippen LogP contribution in [0.25, 0.3) is 10.9 Å². The minimum Gasteiger partial charge on any atom is -0.377 e. The number of methoxy groups -OCH3 is 2. The number of anilines is 2. The van der Waals surface area contributed by atoms with Crippen LogP contribution in [0.3, 0.4) is 0 Å². The van der Waals surface area contributed by atoms with Crippen molar-refractivity contribution in [3.8, 4) is 0 Å². The summed E-state index contributed by atoms with van der Waals surface area (Å²) in [5.41, 5.74) is 2.90. The molecule has 1 aliphatic carbocycles. The third-order valence-electron chi connectivity index (χ3n) is 6.87. The van der Waals surface area contributed by atoms with Gasteiger partial charge in [-0.1, -0.05) is 18.2 Å². The Hall–Kier alpha value is -2.95. The van der Waals surface area contributed by atoms with Crippen molar-refractivity contribution in [1.82, 2.24) is 15.2 Å². The first-order chi connectivity index (χ1) is 17.3. The lowest BCUT2D eigenvalue weighted by Crippen LogP contribution is -2.27. The topological polar surface area (TPSA) is 81.6 Å². The molecule has 3 atom stereocenters. The van der Waals surface area contributed by atoms with Crippen molar-refractivity contribution >= 4 is 22.4 Å². The van der Waals surface area contributed by atoms with Crippen molar-refractivity contribution in [3.63, 3.8) is 0 Å². The number of nitrogens with one attached hydrogen (secondary N) is 1. The highest BCUT2D eigenvalue weighted by Gasteiger charge is 2.40. The lowest BCUT2D eigenvalue weighted by molar-refractivity contribution is -0.255. The number of alkyl halides is 2. The Kier molecular flexibility index (Phi) is 6.76. The van der Waals surface area contributed by atoms with Gasteiger partial charge in [-0.05, 0) is 44.4 Å². The van der Waals surface area contributed by atoms with E-state index in [4.69, 9.17) is 14.2 Å². The molecule has 2 aromatic heterocycles. The van der Waals surface area contributed by atoms with Crippen LogP contribution in [-0.4, -0.2) is 60.8 Å². The Balaban J connectivity index is 1.41. The first kappa shape index (κ1) is 24.7. The molecular weight excluding hydrogens is 468 g/mol. The van der Waals surface area contributed by atoms with E-state index in [-0.39, 0.29) is 29.9 Å². The summed E-state index contributed by atoms with van der Waals surface area (Å²) in [6, 6.07) is 8.02. The predicted octanol–water partition coefficient (Wildman–Crippen LogP) is 4.58. The molecule has 192 valence electrons. The van der Waals surface area contributed by atoms with E-state index in [1.165, 1.54) is 12.1 Å². The minimum absolute atomic E-state index is 0.0325. The molecule has 8 nitrogen and oxygen atoms in total. The number of ether oxygens (including phenoxy) is 3. The maximum Gasteiger partial charge on any atom is 0.383 e. The molecule has 1 N–H and O–H groups in total. The lowest BCUT2D eigenvalue weighted by Gasteiger charge is -2.21. The van der Waals surface area contributed by atoms with E-state index in [1.54, 1.807) is 20.3 Å². The number of hydrogen-bond donors (Lipinski definition) is 1. The van der Waals surface area contributed by atoms with Gasteiger partial charge >= 0.3 is 6.11 Å². The van der Waals surface area contributed by atoms with Crippen LogP contribution in [0.2, 0.25) is 0 Å². The molecule has 2 aliphatic rings. The molecule has 2 fully saturated rings. The predicted molar refractivity (Wildman–Crippen MR) is 132 cm³/mol. The van der Waals surface area contributed by atoms with Crippen LogP contribution in [0.5, 0.6) is 0 Å². The molecule has 0 unspecified atom stereocenters. The number of rotatable bonds is 9. The molecular formula is C26H31F2N5O3. The van der Waals surface area contributed by atoms with Gasteiger partial charge < -0.3 is 24.4 Å². The SMILES string of the molecule is CO[C@H]1CN(c2cnc3c(C)nnc(N[C@H](C)c4cccc(C(F)(F)OC5CC5)c4)c3c2)C[C@H]1OC. The highest BCUT2D eigenvalue weighted by atomic mass is 19.3. The van der Waals surface area contributed by atoms with Gasteiger partial charge in [0.1, 0.15) is 12.2 Å². The number of fused-ring (bicyclic) bond motifs is 1. The number of benzene rings is 1. The van der Waals surface area contributed by atoms with Crippen LogP contribution in [0.15, 0.2) is 36.5 Å². The summed E-state index contributed by atoms with van der Waals surface area (Å²) in [5, 5.41) is 12.8. The molecule has 3 aromatic rings. The van der Waals surface area contributed by atoms with Gasteiger partial charge in [0.05, 0.1) is 40.8 Å². The first-order valence-electron chi connectivity index (χ1n) is 12.1. The fraction of sp³-hybridized carbons (Fsp3) is 0.500. The van der Waals surface area contributed by atoms with Crippen LogP contribution in [0.1, 0.15) is 42.6 Å². The normalized spacial score (nSPS) is 21.2. The van der Waals surface area contributed by atoms with E-state index in [1.807, 2.05) is 32.2 Å². The van der Waals surface area contributed by atoms with Gasteiger partial charge in [0.25, 0.3) is 0 Å². The number of hydrogen-bond acceptors (Lipinski definition) is 8. The Labute approximate surface area is 209 Å². The van der Waals surface area contributed by atoms with Gasteiger partial charge in [-0.3, -0.25) is 4.98 Å². The van der Waals surface area contributed by atoms with Crippen LogP contribution in [0.4, 0.5) is 20.3 Å². The van der Waals surface area contributed by atoms with Crippen molar-refractivity contribution in [3.05, 3.63) is 53.3 Å². The second-order valence-corrected chi connectivity index (χ2v) is 9.50. The Morgan fingerprint density at radius 1 is 1.08 bits per heavy atom. The second-order valence-electron chi connectivity index (χ2n) is 9.50. The Morgan fingerprint density at radius 2 is 1.81 bits per heavy atom. The van der Waals surface area contributed by atoms with Crippen molar-refractivity contribution in [1.29, 1.82) is 0 Å². The quantitative estimate of drug-likeness (QED) is 0.458. The van der Waals surface area contributed by atoms with Crippen molar-refractivity contribution < 1.29 is 23.0 Å². The van der Waals surface area contributed by atoms with Gasteiger partial charge in [0, 0.05) is 32.7 Å². The van der Waals surface area contributed by atoms with E-state index in [0.29, 0.717) is 43.0 Å². The van der Waals surface area contributed by atoms with Crippen molar-refractivity contribution in [2.75, 3.05) is 37.5 Å². The Morgan fingerprint density at radius 3 is 2.47 bits per heavy atom. The summed E-state index contributed by atoms with van der Waals surface area (Å²) < 4.78 is 45.2. The molecule has 0 bridgehead atoms. The zero-order valence-corrected chi connectivity index (χ0v) is 20.9. The molecule has 10 heteroatoms. The largest absolute Gasteiger partial charge is 0.383 e. The molecule has 3 heterocycles. The van der Waals surface area contributed by atoms with Crippen LogP contribution < -0.4 is 10.2 Å². The van der Waals surface area contributed by atoms with Crippen LogP contribution >= 0.6 is 0 Å². The minimum atomic E-state index is -3.32. The summed E-state index contributed by atoms with van der Waals surface area (Å²) in [5.74, 6) is 0.537. The number of aromatic nitrogens is 3. The maximum absolute atomic E-state index is 14.6. The van der Waals surface area contributed by atoms with Gasteiger partial charge in [-0.2, -0.15) is 13.9 Å². The molecule has 1 saturated carbocycles. The van der Waals surface area contributed by atoms with Crippen molar-refractivity contribution in [2.45, 2.75) is 57.2 Å². The number of halogens is 2. The van der Waals surface area contributed by atoms with Crippen LogP contribution in [0, 0.1) is 6.92 Å². The summed E-state index contributed by atoms with van der Waals surface area (Å²) in [6.45, 7) is 5.13. The van der Waals surface area contributed by atoms with E-state index < -0.39 is 6.11 Å². The molecule has 0 radical (unpaired) electrons. The number of pyridine rings is 1. The molecule has 0 spiro atoms. The average molecular weight is 500 g/mol. The van der Waals surface area contributed by atoms with Crippen molar-refractivity contribution in [2.24, 2.45) is 0 Å². The smallest absolute Gasteiger partial charge is 0.377 e. The van der Waals surface area contributed by atoms with E-state index >= 15 is 0 Å². The van der Waals surface area contributed by atoms with E-state index in [0.717, 1.165) is 16.6 Å². The monoisotopic (exact) mass is 499 g/mol. The van der Waals surface area contributed by atoms with E-state index in [9.17, 15) is 8.78 Å². The Bertz CT molecular complexity index is 1230. The molecule has 1 saturated heterocycles. The van der Waals surface area contributed by atoms with Gasteiger partial charge in [0.2, 0.25) is 0 Å². The van der Waals surface area contributed by atoms with Gasteiger partial charge in [-0.25, -0.2) is 0 Å². The zero-order valence-electron chi connectivity index (χ0n) is 20.9. The highest BCUT2D eigenvalue weighted by molar-refractivity contribution is 5.92. The van der Waals surface area contributed by atoms with Crippen LogP contribution in [-0.2, 0) is 20.3 Å². The fourth-order valence-electron chi connectivity index (χ4n) is 4.58. The molecule has 5 rings (SSSR count). The summed E-state index contributed by atoms with van der Waals surface area (Å²) in [7, 11) is 3.37. The molecule has 1 aliphatic heterocycles. The van der Waals surface area contributed by atoms with Gasteiger partial charge in [-0.15, -0.1) is 5.10 Å². The second kappa shape index (κ2) is 9.84. The average Bonchev–Trinajstić information content (AvgIpc) is 3.58. The number of nitrogens with zero attached hydrogens (tertiary/aromatic N) is 4. The zero-order chi connectivity index (χ0) is 25.4. The first-order valence-corrected chi connectivity index (χ1v) is 12.1. The lowest BCUT2D eigenvalue weighted by atomic mass is 10.0. The van der Waals surface area contributed by atoms with E-state index in [2.05, 4.69) is 25.4 Å². The molecule has 0 amide bonds. The van der Waals surface area contributed by atoms with Gasteiger partial charge in [0.15, 0.2) is 5.82 Å². The third kappa shape index (κ3) is 4.98. The summed E-state index contributed by atoms with van der Waals surface area (Å²) in [4.78, 5) is 6.84. The number of aryl methyl sites for hydroxylation is 1. The standard InChI is InChI=1S/C26H31F2N5O3/c1-15(17-6-5-7-18(10-17)26(27,28)36-20-8-9-20)30-25-21-11-19(12-29-24(21)16(2)31-32-25)33-13-22(34-3)23(14-33)35-4/h5-7,10-12,15,20,22-23H,8-9,13-14H2,1-4H3,(H,30,32)/t15-,22-,23+/m1/s1.